The van der Waals surface area contributed by atoms with Gasteiger partial charge in [0.05, 0.1) is 14.9 Å². The van der Waals surface area contributed by atoms with Crippen LogP contribution in [0.3, 0.4) is 0 Å². The summed E-state index contributed by atoms with van der Waals surface area (Å²) >= 11 is 15.1. The van der Waals surface area contributed by atoms with E-state index in [4.69, 9.17) is 11.6 Å². The van der Waals surface area contributed by atoms with Crippen molar-refractivity contribution in [1.82, 2.24) is 5.32 Å². The highest BCUT2D eigenvalue weighted by Gasteiger charge is 2.19. The third-order valence-corrected chi connectivity index (χ3v) is 6.24. The molecule has 108 valence electrons. The van der Waals surface area contributed by atoms with E-state index in [1.165, 1.54) is 16.0 Å². The Kier molecular flexibility index (Phi) is 6.11. The van der Waals surface area contributed by atoms with Crippen molar-refractivity contribution in [2.45, 2.75) is 26.3 Å². The SMILES string of the molecule is CCCNC(c1cc(Cl)c(Br)s1)c1ccc(C)cc1Br. The standard InChI is InChI=1S/C15H16Br2ClNS/c1-3-6-19-14(13-8-12(18)15(17)20-13)10-5-4-9(2)7-11(10)16/h4-5,7-8,14,19H,3,6H2,1-2H3. The van der Waals surface area contributed by atoms with Gasteiger partial charge in [-0.05, 0) is 59.1 Å². The Morgan fingerprint density at radius 3 is 2.60 bits per heavy atom. The molecule has 0 saturated heterocycles. The average Bonchev–Trinajstić information content (AvgIpc) is 2.72. The molecule has 0 bridgehead atoms. The van der Waals surface area contributed by atoms with E-state index in [0.717, 1.165) is 26.2 Å². The zero-order chi connectivity index (χ0) is 14.7. The molecule has 1 heterocycles. The second-order valence-electron chi connectivity index (χ2n) is 4.68. The molecule has 0 fully saturated rings. The molecule has 0 amide bonds. The quantitative estimate of drug-likeness (QED) is 0.577. The van der Waals surface area contributed by atoms with Gasteiger partial charge in [-0.25, -0.2) is 0 Å². The van der Waals surface area contributed by atoms with Gasteiger partial charge in [-0.3, -0.25) is 0 Å². The van der Waals surface area contributed by atoms with E-state index >= 15 is 0 Å². The lowest BCUT2D eigenvalue weighted by molar-refractivity contribution is 0.604. The zero-order valence-electron chi connectivity index (χ0n) is 11.3. The van der Waals surface area contributed by atoms with Gasteiger partial charge in [0.2, 0.25) is 0 Å². The van der Waals surface area contributed by atoms with Crippen LogP contribution in [-0.2, 0) is 0 Å². The number of hydrogen-bond acceptors (Lipinski definition) is 2. The third-order valence-electron chi connectivity index (χ3n) is 3.01. The van der Waals surface area contributed by atoms with Gasteiger partial charge in [-0.2, -0.15) is 0 Å². The minimum absolute atomic E-state index is 0.165. The molecular weight excluding hydrogens is 422 g/mol. The van der Waals surface area contributed by atoms with Crippen LogP contribution in [0, 0.1) is 6.92 Å². The molecule has 0 radical (unpaired) electrons. The maximum Gasteiger partial charge on any atom is 0.0888 e. The van der Waals surface area contributed by atoms with Crippen LogP contribution in [0.5, 0.6) is 0 Å². The number of aryl methyl sites for hydroxylation is 1. The monoisotopic (exact) mass is 435 g/mol. The van der Waals surface area contributed by atoms with Gasteiger partial charge in [0.15, 0.2) is 0 Å². The van der Waals surface area contributed by atoms with Crippen molar-refractivity contribution in [2.24, 2.45) is 0 Å². The van der Waals surface area contributed by atoms with Gasteiger partial charge in [-0.1, -0.05) is 46.6 Å². The van der Waals surface area contributed by atoms with E-state index in [1.54, 1.807) is 11.3 Å². The number of thiophene rings is 1. The second kappa shape index (κ2) is 7.41. The normalized spacial score (nSPS) is 12.7. The van der Waals surface area contributed by atoms with Crippen LogP contribution in [0.4, 0.5) is 0 Å². The summed E-state index contributed by atoms with van der Waals surface area (Å²) in [4.78, 5) is 1.22. The van der Waals surface area contributed by atoms with Crippen LogP contribution < -0.4 is 5.32 Å². The van der Waals surface area contributed by atoms with Crippen molar-refractivity contribution >= 4 is 54.8 Å². The van der Waals surface area contributed by atoms with Crippen molar-refractivity contribution in [3.05, 3.63) is 53.6 Å². The number of nitrogens with one attached hydrogen (secondary N) is 1. The Hall–Kier alpha value is 0.130. The van der Waals surface area contributed by atoms with E-state index in [-0.39, 0.29) is 6.04 Å². The van der Waals surface area contributed by atoms with E-state index < -0.39 is 0 Å². The predicted octanol–water partition coefficient (Wildman–Crippen LogP) is 6.32. The molecule has 0 aliphatic rings. The average molecular weight is 438 g/mol. The van der Waals surface area contributed by atoms with Gasteiger partial charge in [0.25, 0.3) is 0 Å². The first-order valence-corrected chi connectivity index (χ1v) is 9.25. The molecule has 1 nitrogen and oxygen atoms in total. The van der Waals surface area contributed by atoms with Crippen LogP contribution >= 0.6 is 54.8 Å². The smallest absolute Gasteiger partial charge is 0.0888 e. The summed E-state index contributed by atoms with van der Waals surface area (Å²) in [5.74, 6) is 0. The molecule has 0 aliphatic carbocycles. The van der Waals surface area contributed by atoms with Crippen molar-refractivity contribution < 1.29 is 0 Å². The van der Waals surface area contributed by atoms with Gasteiger partial charge in [0.1, 0.15) is 0 Å². The van der Waals surface area contributed by atoms with Crippen molar-refractivity contribution in [1.29, 1.82) is 0 Å². The molecule has 0 aliphatic heterocycles. The van der Waals surface area contributed by atoms with Crippen molar-refractivity contribution in [3.63, 3.8) is 0 Å². The van der Waals surface area contributed by atoms with Crippen molar-refractivity contribution in [2.75, 3.05) is 6.54 Å². The highest BCUT2D eigenvalue weighted by Crippen LogP contribution is 2.39. The Labute approximate surface area is 146 Å². The van der Waals surface area contributed by atoms with Gasteiger partial charge >= 0.3 is 0 Å². The van der Waals surface area contributed by atoms with Crippen LogP contribution in [0.15, 0.2) is 32.5 Å². The van der Waals surface area contributed by atoms with Crippen LogP contribution in [-0.4, -0.2) is 6.54 Å². The molecule has 1 N–H and O–H groups in total. The Balaban J connectivity index is 2.41. The predicted molar refractivity (Wildman–Crippen MR) is 96.0 cm³/mol. The minimum Gasteiger partial charge on any atom is -0.306 e. The lowest BCUT2D eigenvalue weighted by Crippen LogP contribution is -2.22. The number of halogens is 3. The summed E-state index contributed by atoms with van der Waals surface area (Å²) in [6, 6.07) is 8.67. The summed E-state index contributed by atoms with van der Waals surface area (Å²) < 4.78 is 2.12. The fourth-order valence-electron chi connectivity index (χ4n) is 2.02. The topological polar surface area (TPSA) is 12.0 Å². The molecule has 2 rings (SSSR count). The fourth-order valence-corrected chi connectivity index (χ4v) is 4.59. The Bertz CT molecular complexity index is 578. The highest BCUT2D eigenvalue weighted by atomic mass is 79.9. The van der Waals surface area contributed by atoms with Crippen LogP contribution in [0.2, 0.25) is 5.02 Å². The van der Waals surface area contributed by atoms with E-state index in [9.17, 15) is 0 Å². The number of rotatable bonds is 5. The van der Waals surface area contributed by atoms with Gasteiger partial charge < -0.3 is 5.32 Å². The molecule has 1 aromatic carbocycles. The maximum absolute atomic E-state index is 6.18. The van der Waals surface area contributed by atoms with E-state index in [2.05, 4.69) is 69.2 Å². The zero-order valence-corrected chi connectivity index (χ0v) is 16.1. The first kappa shape index (κ1) is 16.5. The first-order chi connectivity index (χ1) is 9.52. The molecule has 0 saturated carbocycles. The Morgan fingerprint density at radius 2 is 2.05 bits per heavy atom. The highest BCUT2D eigenvalue weighted by molar-refractivity contribution is 9.11. The van der Waals surface area contributed by atoms with Crippen LogP contribution in [0.1, 0.15) is 35.4 Å². The second-order valence-corrected chi connectivity index (χ2v) is 8.35. The molecule has 2 aromatic rings. The molecule has 1 aromatic heterocycles. The minimum atomic E-state index is 0.165. The summed E-state index contributed by atoms with van der Waals surface area (Å²) in [5.41, 5.74) is 2.50. The Morgan fingerprint density at radius 1 is 1.30 bits per heavy atom. The lowest BCUT2D eigenvalue weighted by atomic mass is 10.0. The summed E-state index contributed by atoms with van der Waals surface area (Å²) in [5, 5.41) is 4.38. The van der Waals surface area contributed by atoms with E-state index in [0.29, 0.717) is 0 Å². The van der Waals surface area contributed by atoms with Crippen LogP contribution in [0.25, 0.3) is 0 Å². The summed E-state index contributed by atoms with van der Waals surface area (Å²) in [7, 11) is 0. The van der Waals surface area contributed by atoms with E-state index in [1.807, 2.05) is 6.07 Å². The third kappa shape index (κ3) is 3.86. The maximum atomic E-state index is 6.18. The molecular formula is C15H16Br2ClNS. The van der Waals surface area contributed by atoms with Gasteiger partial charge in [-0.15, -0.1) is 11.3 Å². The van der Waals surface area contributed by atoms with Crippen molar-refractivity contribution in [3.8, 4) is 0 Å². The first-order valence-electron chi connectivity index (χ1n) is 6.47. The summed E-state index contributed by atoms with van der Waals surface area (Å²) in [6.07, 6.45) is 1.10. The largest absolute Gasteiger partial charge is 0.306 e. The summed E-state index contributed by atoms with van der Waals surface area (Å²) in [6.45, 7) is 5.24. The number of hydrogen-bond donors (Lipinski definition) is 1. The molecule has 1 unspecified atom stereocenters. The fraction of sp³-hybridized carbons (Fsp3) is 0.333. The molecule has 5 heteroatoms. The number of benzene rings is 1. The molecule has 0 spiro atoms. The molecule has 1 atom stereocenters. The van der Waals surface area contributed by atoms with Gasteiger partial charge in [0, 0.05) is 9.35 Å². The molecule has 20 heavy (non-hydrogen) atoms. The lowest BCUT2D eigenvalue weighted by Gasteiger charge is -2.19.